The summed E-state index contributed by atoms with van der Waals surface area (Å²) in [5, 5.41) is 25.9. The highest BCUT2D eigenvalue weighted by Gasteiger charge is 2.61. The van der Waals surface area contributed by atoms with Gasteiger partial charge in [0.05, 0.1) is 12.7 Å². The Kier molecular flexibility index (Phi) is 9.62. The third-order valence-corrected chi connectivity index (χ3v) is 8.90. The molecule has 16 heteroatoms. The molecule has 42 heavy (non-hydrogen) atoms. The molecule has 12 nitrogen and oxygen atoms in total. The Morgan fingerprint density at radius 1 is 1.21 bits per heavy atom. The lowest BCUT2D eigenvalue weighted by atomic mass is 9.96. The van der Waals surface area contributed by atoms with Gasteiger partial charge in [0.1, 0.15) is 29.8 Å². The van der Waals surface area contributed by atoms with Gasteiger partial charge in [-0.15, -0.1) is 0 Å². The first-order chi connectivity index (χ1) is 19.7. The van der Waals surface area contributed by atoms with E-state index in [1.54, 1.807) is 32.0 Å². The maximum absolute atomic E-state index is 14.6. The summed E-state index contributed by atoms with van der Waals surface area (Å²) in [7, 11) is 0. The van der Waals surface area contributed by atoms with Crippen LogP contribution in [0.25, 0.3) is 10.8 Å². The fraction of sp³-hybridized carbons (Fsp3) is 0.423. The molecule has 228 valence electrons. The number of hydrogen-bond donors (Lipinski definition) is 4. The van der Waals surface area contributed by atoms with Crippen molar-refractivity contribution in [1.82, 2.24) is 14.6 Å². The molecule has 0 amide bonds. The molecule has 4 rings (SSSR count). The molecule has 0 saturated carbocycles. The van der Waals surface area contributed by atoms with Crippen LogP contribution in [0.2, 0.25) is 0 Å². The van der Waals surface area contributed by atoms with E-state index in [0.717, 1.165) is 21.5 Å². The van der Waals surface area contributed by atoms with Crippen LogP contribution in [0, 0.1) is 0 Å². The van der Waals surface area contributed by atoms with Crippen molar-refractivity contribution in [3.63, 3.8) is 0 Å². The van der Waals surface area contributed by atoms with Gasteiger partial charge in [-0.1, -0.05) is 30.3 Å². The summed E-state index contributed by atoms with van der Waals surface area (Å²) >= 11 is 5.64. The number of benzene rings is 2. The van der Waals surface area contributed by atoms with Gasteiger partial charge in [-0.25, -0.2) is 18.7 Å². The second-order valence-corrected chi connectivity index (χ2v) is 13.1. The van der Waals surface area contributed by atoms with Crippen molar-refractivity contribution < 1.29 is 42.3 Å². The van der Waals surface area contributed by atoms with Gasteiger partial charge < -0.3 is 34.5 Å². The summed E-state index contributed by atoms with van der Waals surface area (Å²) < 4.78 is 52.4. The monoisotopic (exact) mass is 628 g/mol. The summed E-state index contributed by atoms with van der Waals surface area (Å²) in [6, 6.07) is 12.5. The first kappa shape index (κ1) is 31.9. The van der Waals surface area contributed by atoms with Crippen molar-refractivity contribution in [3.05, 3.63) is 65.2 Å². The Morgan fingerprint density at radius 3 is 2.55 bits per heavy atom. The number of alkyl halides is 2. The normalized spacial score (nSPS) is 24.5. The number of aromatic nitrogens is 2. The van der Waals surface area contributed by atoms with E-state index in [1.807, 2.05) is 24.3 Å². The Hall–Kier alpha value is -3.04. The van der Waals surface area contributed by atoms with E-state index in [2.05, 4.69) is 10.1 Å². The average Bonchev–Trinajstić information content (AvgIpc) is 3.17. The molecule has 2 aromatic carbocycles. The fourth-order valence-corrected chi connectivity index (χ4v) is 6.69. The number of carbonyl (C=O) groups is 1. The smallest absolute Gasteiger partial charge is 0.351 e. The molecule has 0 aliphatic carbocycles. The van der Waals surface area contributed by atoms with Crippen LogP contribution in [0.5, 0.6) is 5.75 Å². The number of nitrogens with one attached hydrogen (secondary N) is 1. The van der Waals surface area contributed by atoms with E-state index in [9.17, 15) is 28.6 Å². The van der Waals surface area contributed by atoms with Crippen molar-refractivity contribution >= 4 is 41.0 Å². The van der Waals surface area contributed by atoms with Crippen LogP contribution in [0.3, 0.4) is 0 Å². The van der Waals surface area contributed by atoms with Gasteiger partial charge in [0.25, 0.3) is 6.43 Å². The number of fused-ring (bicyclic) bond motifs is 1. The minimum absolute atomic E-state index is 0.143. The van der Waals surface area contributed by atoms with E-state index in [-0.39, 0.29) is 11.6 Å². The number of rotatable bonds is 11. The zero-order chi connectivity index (χ0) is 30.8. The second-order valence-electron chi connectivity index (χ2n) is 9.95. The zero-order valence-electron chi connectivity index (χ0n) is 22.8. The zero-order valence-corrected chi connectivity index (χ0v) is 24.5. The lowest BCUT2D eigenvalue weighted by molar-refractivity contribution is -0.192. The van der Waals surface area contributed by atoms with E-state index in [0.29, 0.717) is 0 Å². The lowest BCUT2D eigenvalue weighted by Crippen LogP contribution is -2.53. The van der Waals surface area contributed by atoms with Crippen LogP contribution in [-0.4, -0.2) is 68.7 Å². The average molecular weight is 629 g/mol. The Bertz CT molecular complexity index is 1550. The van der Waals surface area contributed by atoms with Gasteiger partial charge >= 0.3 is 18.3 Å². The summed E-state index contributed by atoms with van der Waals surface area (Å²) in [4.78, 5) is 28.4. The number of anilines is 1. The minimum atomic E-state index is -3.88. The summed E-state index contributed by atoms with van der Waals surface area (Å²) in [6.45, 7) is -0.245. The molecule has 0 bridgehead atoms. The van der Waals surface area contributed by atoms with Crippen molar-refractivity contribution in [3.8, 4) is 5.75 Å². The van der Waals surface area contributed by atoms with E-state index < -0.39 is 67.5 Å². The Balaban J connectivity index is 1.65. The molecule has 2 heterocycles. The molecular weight excluding hydrogens is 597 g/mol. The predicted octanol–water partition coefficient (Wildman–Crippen LogP) is 2.48. The van der Waals surface area contributed by atoms with Crippen molar-refractivity contribution in [2.24, 2.45) is 0 Å². The highest BCUT2D eigenvalue weighted by atomic mass is 32.5. The van der Waals surface area contributed by atoms with Gasteiger partial charge in [-0.05, 0) is 61.5 Å². The molecule has 1 aliphatic rings. The molecule has 5 N–H and O–H groups in total. The standard InChI is InChI=1S/C26H31F2N4O8PS/c1-14(2)38-23(35)15(3)31-41(42,40-18-9-8-16-6-4-5-7-17(16)12-18)37-13-26(24(27)28)21(34)20(33)22(39-26)32-11-10-19(29)30-25(32)36/h4-12,14-15,20-22,24,33-34H,13H2,1-3H3,(H,31,42)(H2,29,30,36)/t15-,20-,21-,22+,26+,41?/m0/s1. The van der Waals surface area contributed by atoms with Gasteiger partial charge in [-0.3, -0.25) is 9.36 Å². The number of hydrogen-bond acceptors (Lipinski definition) is 11. The molecule has 1 unspecified atom stereocenters. The molecule has 1 aliphatic heterocycles. The Labute approximate surface area is 244 Å². The molecular formula is C26H31F2N4O8PS. The van der Waals surface area contributed by atoms with Crippen molar-refractivity contribution in [2.75, 3.05) is 12.3 Å². The van der Waals surface area contributed by atoms with E-state index >= 15 is 0 Å². The molecule has 0 spiro atoms. The molecule has 0 radical (unpaired) electrons. The van der Waals surface area contributed by atoms with E-state index in [1.165, 1.54) is 13.0 Å². The first-order valence-corrected chi connectivity index (χ1v) is 15.5. The van der Waals surface area contributed by atoms with Crippen LogP contribution in [0.1, 0.15) is 27.0 Å². The quantitative estimate of drug-likeness (QED) is 0.181. The molecule has 1 aromatic heterocycles. The number of aliphatic hydroxyl groups excluding tert-OH is 2. The molecule has 6 atom stereocenters. The molecule has 1 saturated heterocycles. The second kappa shape index (κ2) is 12.7. The highest BCUT2D eigenvalue weighted by molar-refractivity contribution is 8.09. The summed E-state index contributed by atoms with van der Waals surface area (Å²) in [5.74, 6) is -0.628. The first-order valence-electron chi connectivity index (χ1n) is 12.8. The number of aliphatic hydroxyl groups is 2. The topological polar surface area (TPSA) is 167 Å². The molecule has 3 aromatic rings. The molecule has 1 fully saturated rings. The number of carbonyl (C=O) groups excluding carboxylic acids is 1. The third-order valence-electron chi connectivity index (χ3n) is 6.42. The van der Waals surface area contributed by atoms with Crippen molar-refractivity contribution in [2.45, 2.75) is 63.4 Å². The number of esters is 1. The van der Waals surface area contributed by atoms with Gasteiger partial charge in [-0.2, -0.15) is 4.98 Å². The fourth-order valence-electron chi connectivity index (χ4n) is 4.28. The largest absolute Gasteiger partial charge is 0.462 e. The Morgan fingerprint density at radius 2 is 1.90 bits per heavy atom. The van der Waals surface area contributed by atoms with Crippen LogP contribution in [-0.2, 0) is 30.6 Å². The number of halogens is 2. The van der Waals surface area contributed by atoms with Crippen LogP contribution >= 0.6 is 6.64 Å². The summed E-state index contributed by atoms with van der Waals surface area (Å²) in [5.41, 5.74) is 1.63. The maximum Gasteiger partial charge on any atom is 0.351 e. The van der Waals surface area contributed by atoms with Crippen LogP contribution < -0.4 is 21.0 Å². The van der Waals surface area contributed by atoms with Gasteiger partial charge in [0, 0.05) is 6.20 Å². The van der Waals surface area contributed by atoms with Crippen molar-refractivity contribution in [1.29, 1.82) is 0 Å². The van der Waals surface area contributed by atoms with Gasteiger partial charge in [0.2, 0.25) is 0 Å². The van der Waals surface area contributed by atoms with Gasteiger partial charge in [0.15, 0.2) is 11.8 Å². The highest BCUT2D eigenvalue weighted by Crippen LogP contribution is 2.49. The van der Waals surface area contributed by atoms with E-state index in [4.69, 9.17) is 36.1 Å². The number of nitrogens with two attached hydrogens (primary N) is 1. The minimum Gasteiger partial charge on any atom is -0.462 e. The lowest BCUT2D eigenvalue weighted by Gasteiger charge is -2.34. The summed E-state index contributed by atoms with van der Waals surface area (Å²) in [6.07, 6.45) is -8.78. The van der Waals surface area contributed by atoms with Crippen LogP contribution in [0.15, 0.2) is 59.5 Å². The number of nitrogens with zero attached hydrogens (tertiary/aromatic N) is 2. The number of nitrogen functional groups attached to an aromatic ring is 1. The number of ether oxygens (including phenoxy) is 2. The third kappa shape index (κ3) is 6.78. The van der Waals surface area contributed by atoms with Crippen LogP contribution in [0.4, 0.5) is 14.6 Å². The SMILES string of the molecule is CC(C)OC(=O)[C@H](C)NP(=S)(OC[C@@]1(C(F)F)O[C@@H](n2ccc(N)nc2=O)[C@@H](O)[C@@H]1O)Oc1ccc2ccccc2c1. The maximum atomic E-state index is 14.6. The predicted molar refractivity (Wildman–Crippen MR) is 152 cm³/mol.